The van der Waals surface area contributed by atoms with E-state index < -0.39 is 0 Å². The summed E-state index contributed by atoms with van der Waals surface area (Å²) in [6, 6.07) is 0. The number of aromatic nitrogens is 2. The molecule has 1 aliphatic carbocycles. The number of thioether (sulfide) groups is 1. The van der Waals surface area contributed by atoms with E-state index in [1.807, 2.05) is 24.2 Å². The minimum atomic E-state index is 0.466. The van der Waals surface area contributed by atoms with Gasteiger partial charge in [-0.15, -0.1) is 0 Å². The van der Waals surface area contributed by atoms with Crippen LogP contribution in [0, 0.1) is 0 Å². The van der Waals surface area contributed by atoms with Gasteiger partial charge >= 0.3 is 0 Å². The second-order valence-corrected chi connectivity index (χ2v) is 6.07. The summed E-state index contributed by atoms with van der Waals surface area (Å²) >= 11 is 2.03. The number of hydrogen-bond donors (Lipinski definition) is 1. The average molecular weight is 251 g/mol. The molecule has 0 atom stereocenters. The number of nitrogens with one attached hydrogen (secondary N) is 1. The van der Waals surface area contributed by atoms with E-state index in [9.17, 15) is 0 Å². The van der Waals surface area contributed by atoms with Crippen molar-refractivity contribution in [2.45, 2.75) is 43.4 Å². The SMILES string of the molecule is CSC1(CNCc2cncnc2)CCCCC1. The molecule has 94 valence electrons. The van der Waals surface area contributed by atoms with Gasteiger partial charge in [-0.05, 0) is 19.1 Å². The Labute approximate surface area is 108 Å². The predicted molar refractivity (Wildman–Crippen MR) is 73.1 cm³/mol. The van der Waals surface area contributed by atoms with Gasteiger partial charge in [0.1, 0.15) is 6.33 Å². The Balaban J connectivity index is 1.80. The summed E-state index contributed by atoms with van der Waals surface area (Å²) in [5, 5.41) is 3.56. The molecule has 0 aliphatic heterocycles. The van der Waals surface area contributed by atoms with E-state index in [1.54, 1.807) is 6.33 Å². The largest absolute Gasteiger partial charge is 0.311 e. The van der Waals surface area contributed by atoms with Gasteiger partial charge in [-0.2, -0.15) is 11.8 Å². The molecule has 0 spiro atoms. The number of nitrogens with zero attached hydrogens (tertiary/aromatic N) is 2. The van der Waals surface area contributed by atoms with E-state index >= 15 is 0 Å². The van der Waals surface area contributed by atoms with Gasteiger partial charge in [0.05, 0.1) is 0 Å². The molecule has 0 amide bonds. The maximum atomic E-state index is 4.03. The molecule has 1 aromatic heterocycles. The van der Waals surface area contributed by atoms with Crippen molar-refractivity contribution >= 4 is 11.8 Å². The standard InChI is InChI=1S/C13H21N3S/c1-17-13(5-3-2-4-6-13)10-14-7-12-8-15-11-16-9-12/h8-9,11,14H,2-7,10H2,1H3. The number of rotatable bonds is 5. The zero-order valence-electron chi connectivity index (χ0n) is 10.5. The lowest BCUT2D eigenvalue weighted by Crippen LogP contribution is -2.39. The molecule has 0 unspecified atom stereocenters. The molecule has 1 aromatic rings. The molecule has 2 rings (SSSR count). The highest BCUT2D eigenvalue weighted by atomic mass is 32.2. The molecule has 0 aromatic carbocycles. The van der Waals surface area contributed by atoms with Crippen molar-refractivity contribution in [2.24, 2.45) is 0 Å². The lowest BCUT2D eigenvalue weighted by Gasteiger charge is -2.36. The third-order valence-corrected chi connectivity index (χ3v) is 5.01. The Hall–Kier alpha value is -0.610. The molecule has 1 heterocycles. The van der Waals surface area contributed by atoms with Crippen LogP contribution in [-0.4, -0.2) is 27.5 Å². The van der Waals surface area contributed by atoms with Crippen LogP contribution in [0.2, 0.25) is 0 Å². The van der Waals surface area contributed by atoms with Gasteiger partial charge in [-0.25, -0.2) is 9.97 Å². The van der Waals surface area contributed by atoms with Gasteiger partial charge in [0.25, 0.3) is 0 Å². The monoisotopic (exact) mass is 251 g/mol. The third-order valence-electron chi connectivity index (χ3n) is 3.59. The van der Waals surface area contributed by atoms with Crippen LogP contribution < -0.4 is 5.32 Å². The van der Waals surface area contributed by atoms with E-state index in [-0.39, 0.29) is 0 Å². The first-order valence-electron chi connectivity index (χ1n) is 6.34. The summed E-state index contributed by atoms with van der Waals surface area (Å²) in [7, 11) is 0. The van der Waals surface area contributed by atoms with E-state index in [2.05, 4.69) is 21.5 Å². The highest BCUT2D eigenvalue weighted by molar-refractivity contribution is 8.00. The Morgan fingerprint density at radius 2 is 1.94 bits per heavy atom. The summed E-state index contributed by atoms with van der Waals surface area (Å²) in [5.41, 5.74) is 1.17. The molecule has 17 heavy (non-hydrogen) atoms. The fourth-order valence-corrected chi connectivity index (χ4v) is 3.45. The lowest BCUT2D eigenvalue weighted by molar-refractivity contribution is 0.379. The zero-order valence-corrected chi connectivity index (χ0v) is 11.3. The molecule has 1 N–H and O–H groups in total. The van der Waals surface area contributed by atoms with Gasteiger partial charge in [0.15, 0.2) is 0 Å². The second-order valence-electron chi connectivity index (χ2n) is 4.80. The van der Waals surface area contributed by atoms with Crippen molar-refractivity contribution in [3.63, 3.8) is 0 Å². The van der Waals surface area contributed by atoms with Crippen LogP contribution in [-0.2, 0) is 6.54 Å². The molecule has 4 heteroatoms. The molecular formula is C13H21N3S. The maximum Gasteiger partial charge on any atom is 0.115 e. The molecule has 1 saturated carbocycles. The van der Waals surface area contributed by atoms with Crippen molar-refractivity contribution < 1.29 is 0 Å². The van der Waals surface area contributed by atoms with Gasteiger partial charge < -0.3 is 5.32 Å². The smallest absolute Gasteiger partial charge is 0.115 e. The van der Waals surface area contributed by atoms with Crippen molar-refractivity contribution in [3.8, 4) is 0 Å². The second kappa shape index (κ2) is 6.36. The van der Waals surface area contributed by atoms with Crippen LogP contribution >= 0.6 is 11.8 Å². The van der Waals surface area contributed by atoms with Crippen LogP contribution in [0.15, 0.2) is 18.7 Å². The first-order chi connectivity index (χ1) is 8.35. The normalized spacial score (nSPS) is 19.1. The first kappa shape index (κ1) is 12.8. The molecule has 3 nitrogen and oxygen atoms in total. The van der Waals surface area contributed by atoms with Crippen LogP contribution in [0.5, 0.6) is 0 Å². The van der Waals surface area contributed by atoms with Crippen molar-refractivity contribution in [3.05, 3.63) is 24.3 Å². The van der Waals surface area contributed by atoms with Crippen molar-refractivity contribution in [1.82, 2.24) is 15.3 Å². The first-order valence-corrected chi connectivity index (χ1v) is 7.57. The van der Waals surface area contributed by atoms with Crippen molar-refractivity contribution in [1.29, 1.82) is 0 Å². The van der Waals surface area contributed by atoms with E-state index in [0.717, 1.165) is 13.1 Å². The fourth-order valence-electron chi connectivity index (χ4n) is 2.51. The fraction of sp³-hybridized carbons (Fsp3) is 0.692. The van der Waals surface area contributed by atoms with Gasteiger partial charge in [0.2, 0.25) is 0 Å². The number of hydrogen-bond acceptors (Lipinski definition) is 4. The van der Waals surface area contributed by atoms with Crippen LogP contribution in [0.1, 0.15) is 37.7 Å². The van der Waals surface area contributed by atoms with Gasteiger partial charge in [-0.3, -0.25) is 0 Å². The predicted octanol–water partition coefficient (Wildman–Crippen LogP) is 2.63. The Bertz CT molecular complexity index is 323. The van der Waals surface area contributed by atoms with E-state index in [4.69, 9.17) is 0 Å². The Kier molecular flexibility index (Phi) is 4.80. The topological polar surface area (TPSA) is 37.8 Å². The molecule has 0 saturated heterocycles. The van der Waals surface area contributed by atoms with Crippen LogP contribution in [0.4, 0.5) is 0 Å². The molecule has 0 bridgehead atoms. The minimum absolute atomic E-state index is 0.466. The summed E-state index contributed by atoms with van der Waals surface area (Å²) in [4.78, 5) is 8.06. The van der Waals surface area contributed by atoms with Gasteiger partial charge in [-0.1, -0.05) is 19.3 Å². The summed E-state index contributed by atoms with van der Waals surface area (Å²) in [6.45, 7) is 1.98. The highest BCUT2D eigenvalue weighted by Crippen LogP contribution is 2.37. The summed E-state index contributed by atoms with van der Waals surface area (Å²) in [6.07, 6.45) is 14.5. The molecule has 0 radical (unpaired) electrons. The Morgan fingerprint density at radius 1 is 1.24 bits per heavy atom. The highest BCUT2D eigenvalue weighted by Gasteiger charge is 2.30. The molecular weight excluding hydrogens is 230 g/mol. The lowest BCUT2D eigenvalue weighted by atomic mass is 9.88. The molecule has 1 aliphatic rings. The summed E-state index contributed by atoms with van der Waals surface area (Å²) in [5.74, 6) is 0. The van der Waals surface area contributed by atoms with Crippen LogP contribution in [0.3, 0.4) is 0 Å². The average Bonchev–Trinajstić information content (AvgIpc) is 2.41. The van der Waals surface area contributed by atoms with E-state index in [0.29, 0.717) is 4.75 Å². The quantitative estimate of drug-likeness (QED) is 0.873. The summed E-state index contributed by atoms with van der Waals surface area (Å²) < 4.78 is 0.466. The Morgan fingerprint density at radius 3 is 2.59 bits per heavy atom. The van der Waals surface area contributed by atoms with E-state index in [1.165, 1.54) is 37.7 Å². The van der Waals surface area contributed by atoms with Gasteiger partial charge in [0, 0.05) is 35.8 Å². The third kappa shape index (κ3) is 3.68. The minimum Gasteiger partial charge on any atom is -0.311 e. The molecule has 1 fully saturated rings. The maximum absolute atomic E-state index is 4.03. The van der Waals surface area contributed by atoms with Crippen molar-refractivity contribution in [2.75, 3.05) is 12.8 Å². The zero-order chi connectivity index (χ0) is 12.0. The van der Waals surface area contributed by atoms with Crippen LogP contribution in [0.25, 0.3) is 0 Å².